The molecule has 0 spiro atoms. The SMILES string of the molecule is Cc1ccc(C(=O)N=C2Cc3ccc(C)cc3N2C2CCC(C(=O)NC(C)C)CC2)cc1.O=S=O. The van der Waals surface area contributed by atoms with E-state index in [1.165, 1.54) is 11.1 Å². The van der Waals surface area contributed by atoms with E-state index in [-0.39, 0.29) is 29.8 Å². The molecule has 4 rings (SSSR count). The van der Waals surface area contributed by atoms with Gasteiger partial charge in [-0.15, -0.1) is 0 Å². The van der Waals surface area contributed by atoms with Crippen LogP contribution in [-0.4, -0.2) is 38.2 Å². The molecule has 1 saturated carbocycles. The first-order valence-electron chi connectivity index (χ1n) is 12.0. The van der Waals surface area contributed by atoms with E-state index in [0.29, 0.717) is 12.0 Å². The quantitative estimate of drug-likeness (QED) is 0.682. The van der Waals surface area contributed by atoms with Gasteiger partial charge in [-0.1, -0.05) is 29.8 Å². The number of amides is 2. The first kappa shape index (κ1) is 26.5. The molecule has 0 atom stereocenters. The van der Waals surface area contributed by atoms with Crippen LogP contribution in [0.2, 0.25) is 0 Å². The summed E-state index contributed by atoms with van der Waals surface area (Å²) in [6.07, 6.45) is 4.23. The molecule has 0 radical (unpaired) electrons. The van der Waals surface area contributed by atoms with Crippen molar-refractivity contribution in [2.75, 3.05) is 4.90 Å². The van der Waals surface area contributed by atoms with Crippen molar-refractivity contribution in [2.45, 2.75) is 71.9 Å². The van der Waals surface area contributed by atoms with Gasteiger partial charge in [-0.25, -0.2) is 0 Å². The third-order valence-electron chi connectivity index (χ3n) is 6.52. The Labute approximate surface area is 210 Å². The minimum absolute atomic E-state index is 0.0720. The molecule has 0 unspecified atom stereocenters. The number of nitrogens with one attached hydrogen (secondary N) is 1. The van der Waals surface area contributed by atoms with E-state index in [2.05, 4.69) is 40.3 Å². The van der Waals surface area contributed by atoms with Gasteiger partial charge in [0.1, 0.15) is 5.84 Å². The molecular formula is C27H33N3O4S. The molecular weight excluding hydrogens is 462 g/mol. The Morgan fingerprint density at radius 2 is 1.57 bits per heavy atom. The van der Waals surface area contributed by atoms with Crippen LogP contribution in [0.4, 0.5) is 5.69 Å². The van der Waals surface area contributed by atoms with Crippen LogP contribution in [0.1, 0.15) is 66.6 Å². The van der Waals surface area contributed by atoms with E-state index in [1.54, 1.807) is 0 Å². The van der Waals surface area contributed by atoms with E-state index in [1.807, 2.05) is 45.0 Å². The van der Waals surface area contributed by atoms with Crippen molar-refractivity contribution < 1.29 is 18.0 Å². The summed E-state index contributed by atoms with van der Waals surface area (Å²) < 4.78 is 16.6. The second-order valence-corrected chi connectivity index (χ2v) is 9.75. The third kappa shape index (κ3) is 6.72. The van der Waals surface area contributed by atoms with Crippen LogP contribution < -0.4 is 10.2 Å². The van der Waals surface area contributed by atoms with Crippen molar-refractivity contribution >= 4 is 34.9 Å². The van der Waals surface area contributed by atoms with Crippen molar-refractivity contribution in [1.82, 2.24) is 5.32 Å². The summed E-state index contributed by atoms with van der Waals surface area (Å²) in [4.78, 5) is 32.3. The van der Waals surface area contributed by atoms with Gasteiger partial charge in [0, 0.05) is 35.7 Å². The smallest absolute Gasteiger partial charge is 0.335 e. The van der Waals surface area contributed by atoms with Crippen molar-refractivity contribution in [3.05, 3.63) is 64.7 Å². The number of benzene rings is 2. The zero-order valence-corrected chi connectivity index (χ0v) is 21.6. The lowest BCUT2D eigenvalue weighted by Crippen LogP contribution is -2.44. The molecule has 1 aliphatic heterocycles. The Hall–Kier alpha value is -3.13. The second-order valence-electron chi connectivity index (χ2n) is 9.61. The van der Waals surface area contributed by atoms with Crippen LogP contribution in [0, 0.1) is 19.8 Å². The lowest BCUT2D eigenvalue weighted by Gasteiger charge is -2.36. The number of hydrogen-bond donors (Lipinski definition) is 1. The number of nitrogens with zero attached hydrogens (tertiary/aromatic N) is 2. The molecule has 8 heteroatoms. The van der Waals surface area contributed by atoms with Crippen LogP contribution in [0.15, 0.2) is 47.5 Å². The van der Waals surface area contributed by atoms with Crippen LogP contribution >= 0.6 is 0 Å². The van der Waals surface area contributed by atoms with Crippen LogP contribution in [0.3, 0.4) is 0 Å². The summed E-state index contributed by atoms with van der Waals surface area (Å²) in [7, 11) is 0. The Morgan fingerprint density at radius 3 is 2.17 bits per heavy atom. The predicted octanol–water partition coefficient (Wildman–Crippen LogP) is 4.32. The summed E-state index contributed by atoms with van der Waals surface area (Å²) in [6, 6.07) is 14.5. The molecule has 7 nitrogen and oxygen atoms in total. The molecule has 0 saturated heterocycles. The van der Waals surface area contributed by atoms with Crippen LogP contribution in [0.25, 0.3) is 0 Å². The zero-order valence-electron chi connectivity index (χ0n) is 20.7. The summed E-state index contributed by atoms with van der Waals surface area (Å²) in [5.41, 5.74) is 5.31. The fourth-order valence-corrected chi connectivity index (χ4v) is 4.82. The normalized spacial score (nSPS) is 20.1. The highest BCUT2D eigenvalue weighted by Crippen LogP contribution is 2.38. The molecule has 0 bridgehead atoms. The fourth-order valence-electron chi connectivity index (χ4n) is 4.82. The summed E-state index contributed by atoms with van der Waals surface area (Å²) in [5.74, 6) is 0.869. The first-order valence-corrected chi connectivity index (χ1v) is 12.7. The van der Waals surface area contributed by atoms with Crippen LogP contribution in [-0.2, 0) is 22.8 Å². The number of hydrogen-bond acceptors (Lipinski definition) is 4. The van der Waals surface area contributed by atoms with Crippen molar-refractivity contribution in [2.24, 2.45) is 10.9 Å². The van der Waals surface area contributed by atoms with Gasteiger partial charge in [-0.05, 0) is 82.7 Å². The molecule has 1 heterocycles. The van der Waals surface area contributed by atoms with Crippen molar-refractivity contribution in [3.8, 4) is 0 Å². The molecule has 1 N–H and O–H groups in total. The maximum atomic E-state index is 12.9. The van der Waals surface area contributed by atoms with Gasteiger partial charge in [0.15, 0.2) is 0 Å². The molecule has 1 aliphatic carbocycles. The topological polar surface area (TPSA) is 95.9 Å². The molecule has 2 aliphatic rings. The average Bonchev–Trinajstić information content (AvgIpc) is 3.16. The molecule has 0 aromatic heterocycles. The highest BCUT2D eigenvalue weighted by atomic mass is 32.1. The van der Waals surface area contributed by atoms with E-state index in [0.717, 1.165) is 42.8 Å². The van der Waals surface area contributed by atoms with Gasteiger partial charge >= 0.3 is 11.6 Å². The molecule has 186 valence electrons. The van der Waals surface area contributed by atoms with Gasteiger partial charge in [0.05, 0.1) is 0 Å². The van der Waals surface area contributed by atoms with Gasteiger partial charge in [-0.2, -0.15) is 13.4 Å². The van der Waals surface area contributed by atoms with Gasteiger partial charge in [0.2, 0.25) is 5.91 Å². The minimum atomic E-state index is -0.750. The van der Waals surface area contributed by atoms with Gasteiger partial charge < -0.3 is 10.2 Å². The number of carbonyl (C=O) groups is 2. The number of anilines is 1. The molecule has 2 aromatic rings. The highest BCUT2D eigenvalue weighted by Gasteiger charge is 2.36. The highest BCUT2D eigenvalue weighted by molar-refractivity contribution is 7.51. The van der Waals surface area contributed by atoms with E-state index in [4.69, 9.17) is 8.42 Å². The number of fused-ring (bicyclic) bond motifs is 1. The Morgan fingerprint density at radius 1 is 0.971 bits per heavy atom. The lowest BCUT2D eigenvalue weighted by molar-refractivity contribution is -0.126. The zero-order chi connectivity index (χ0) is 25.5. The number of rotatable bonds is 4. The number of carbonyl (C=O) groups excluding carboxylic acids is 2. The molecule has 35 heavy (non-hydrogen) atoms. The maximum Gasteiger partial charge on any atom is 0.335 e. The van der Waals surface area contributed by atoms with E-state index >= 15 is 0 Å². The molecule has 1 fully saturated rings. The second kappa shape index (κ2) is 12.0. The lowest BCUT2D eigenvalue weighted by atomic mass is 9.84. The third-order valence-corrected chi connectivity index (χ3v) is 6.52. The predicted molar refractivity (Wildman–Crippen MR) is 138 cm³/mol. The fraction of sp³-hybridized carbons (Fsp3) is 0.444. The number of amidine groups is 1. The summed E-state index contributed by atoms with van der Waals surface area (Å²) >= 11 is -0.750. The average molecular weight is 496 g/mol. The minimum Gasteiger partial charge on any atom is -0.354 e. The standard InChI is InChI=1S/C27H33N3O2.O2S/c1-17(2)28-26(31)21-11-13-23(14-12-21)30-24-15-19(4)7-10-22(24)16-25(30)29-27(32)20-8-5-18(3)6-9-20;1-3-2/h5-10,15,17,21,23H,11-14,16H2,1-4H3,(H,28,31);. The Bertz CT molecular complexity index is 1130. The molecule has 2 amide bonds. The number of aryl methyl sites for hydroxylation is 2. The molecule has 2 aromatic carbocycles. The largest absolute Gasteiger partial charge is 0.354 e. The summed E-state index contributed by atoms with van der Waals surface area (Å²) in [5, 5.41) is 3.06. The van der Waals surface area contributed by atoms with Crippen molar-refractivity contribution in [1.29, 1.82) is 0 Å². The van der Waals surface area contributed by atoms with Crippen LogP contribution in [0.5, 0.6) is 0 Å². The van der Waals surface area contributed by atoms with Gasteiger partial charge in [0.25, 0.3) is 5.91 Å². The summed E-state index contributed by atoms with van der Waals surface area (Å²) in [6.45, 7) is 8.11. The van der Waals surface area contributed by atoms with Crippen molar-refractivity contribution in [3.63, 3.8) is 0 Å². The monoisotopic (exact) mass is 495 g/mol. The Kier molecular flexibility index (Phi) is 9.09. The Balaban J connectivity index is 0.00000108. The van der Waals surface area contributed by atoms with Gasteiger partial charge in [-0.3, -0.25) is 9.59 Å². The first-order chi connectivity index (χ1) is 16.7. The maximum absolute atomic E-state index is 12.9. The van der Waals surface area contributed by atoms with E-state index < -0.39 is 11.6 Å². The number of aliphatic imine (C=N–C) groups is 1. The van der Waals surface area contributed by atoms with E-state index in [9.17, 15) is 9.59 Å².